The van der Waals surface area contributed by atoms with E-state index in [4.69, 9.17) is 0 Å². The zero-order valence-electron chi connectivity index (χ0n) is 17.0. The number of para-hydroxylation sites is 1. The van der Waals surface area contributed by atoms with Crippen LogP contribution in [-0.4, -0.2) is 38.4 Å². The SMILES string of the molecule is Cc1cnc(C2CC2)n1CC1CCN(C(=O)CCc2nc3ccccc3s2)CC1. The first-order valence-corrected chi connectivity index (χ1v) is 11.6. The topological polar surface area (TPSA) is 51.0 Å². The molecule has 1 saturated carbocycles. The highest BCUT2D eigenvalue weighted by Gasteiger charge is 2.30. The number of piperidine rings is 1. The van der Waals surface area contributed by atoms with E-state index in [1.807, 2.05) is 24.4 Å². The van der Waals surface area contributed by atoms with Crippen LogP contribution in [0.3, 0.4) is 0 Å². The monoisotopic (exact) mass is 408 g/mol. The molecule has 3 heterocycles. The van der Waals surface area contributed by atoms with Crippen LogP contribution in [0.2, 0.25) is 0 Å². The zero-order valence-corrected chi connectivity index (χ0v) is 17.8. The number of hydrogen-bond acceptors (Lipinski definition) is 4. The molecule has 1 saturated heterocycles. The molecule has 0 unspecified atom stereocenters. The van der Waals surface area contributed by atoms with Gasteiger partial charge < -0.3 is 9.47 Å². The first-order valence-electron chi connectivity index (χ1n) is 10.8. The molecule has 0 bridgehead atoms. The maximum Gasteiger partial charge on any atom is 0.222 e. The van der Waals surface area contributed by atoms with Crippen LogP contribution in [-0.2, 0) is 17.8 Å². The van der Waals surface area contributed by atoms with Gasteiger partial charge >= 0.3 is 0 Å². The summed E-state index contributed by atoms with van der Waals surface area (Å²) in [5, 5.41) is 1.07. The smallest absolute Gasteiger partial charge is 0.222 e. The number of benzene rings is 1. The number of amides is 1. The highest BCUT2D eigenvalue weighted by Crippen LogP contribution is 2.40. The molecule has 2 aromatic heterocycles. The number of rotatable bonds is 6. The molecule has 0 atom stereocenters. The molecule has 0 N–H and O–H groups in total. The first-order chi connectivity index (χ1) is 14.2. The Labute approximate surface area is 175 Å². The largest absolute Gasteiger partial charge is 0.343 e. The Kier molecular flexibility index (Phi) is 5.12. The van der Waals surface area contributed by atoms with E-state index in [9.17, 15) is 4.79 Å². The molecule has 5 nitrogen and oxygen atoms in total. The summed E-state index contributed by atoms with van der Waals surface area (Å²) in [6.45, 7) is 5.00. The van der Waals surface area contributed by atoms with E-state index >= 15 is 0 Å². The Morgan fingerprint density at radius 3 is 2.72 bits per heavy atom. The molecule has 6 heteroatoms. The summed E-state index contributed by atoms with van der Waals surface area (Å²) in [6, 6.07) is 8.19. The molecule has 5 rings (SSSR count). The van der Waals surface area contributed by atoms with Crippen molar-refractivity contribution in [3.05, 3.63) is 47.0 Å². The van der Waals surface area contributed by atoms with Gasteiger partial charge in [-0.2, -0.15) is 0 Å². The van der Waals surface area contributed by atoms with E-state index in [1.54, 1.807) is 11.3 Å². The van der Waals surface area contributed by atoms with Crippen LogP contribution in [0.4, 0.5) is 0 Å². The number of carbonyl (C=O) groups excluding carboxylic acids is 1. The summed E-state index contributed by atoms with van der Waals surface area (Å²) in [5.41, 5.74) is 2.32. The van der Waals surface area contributed by atoms with Gasteiger partial charge in [0.05, 0.1) is 15.2 Å². The second-order valence-corrected chi connectivity index (χ2v) is 9.66. The quantitative estimate of drug-likeness (QED) is 0.601. The summed E-state index contributed by atoms with van der Waals surface area (Å²) in [5.74, 6) is 2.90. The fourth-order valence-corrected chi connectivity index (χ4v) is 5.37. The van der Waals surface area contributed by atoms with Crippen molar-refractivity contribution < 1.29 is 4.79 Å². The number of aryl methyl sites for hydroxylation is 2. The van der Waals surface area contributed by atoms with Crippen LogP contribution < -0.4 is 0 Å². The summed E-state index contributed by atoms with van der Waals surface area (Å²) < 4.78 is 3.64. The molecule has 152 valence electrons. The van der Waals surface area contributed by atoms with Crippen molar-refractivity contribution in [2.24, 2.45) is 5.92 Å². The Morgan fingerprint density at radius 2 is 1.97 bits per heavy atom. The molecule has 3 aromatic rings. The fourth-order valence-electron chi connectivity index (χ4n) is 4.41. The standard InChI is InChI=1S/C23H28N4OS/c1-16-14-24-23(18-6-7-18)27(16)15-17-10-12-26(13-11-17)22(28)9-8-21-25-19-4-2-3-5-20(19)29-21/h2-5,14,17-18H,6-13,15H2,1H3. The van der Waals surface area contributed by atoms with Gasteiger partial charge in [-0.05, 0) is 50.7 Å². The van der Waals surface area contributed by atoms with Crippen LogP contribution >= 0.6 is 11.3 Å². The van der Waals surface area contributed by atoms with E-state index in [-0.39, 0.29) is 5.91 Å². The zero-order chi connectivity index (χ0) is 19.8. The van der Waals surface area contributed by atoms with Crippen molar-refractivity contribution in [1.82, 2.24) is 19.4 Å². The molecular weight excluding hydrogens is 380 g/mol. The van der Waals surface area contributed by atoms with Gasteiger partial charge in [-0.25, -0.2) is 9.97 Å². The number of thiazole rings is 1. The highest BCUT2D eigenvalue weighted by atomic mass is 32.1. The van der Waals surface area contributed by atoms with Crippen LogP contribution in [0.5, 0.6) is 0 Å². The Balaban J connectivity index is 1.12. The molecule has 1 aromatic carbocycles. The highest BCUT2D eigenvalue weighted by molar-refractivity contribution is 7.18. The normalized spacial score (nSPS) is 17.9. The third-order valence-electron chi connectivity index (χ3n) is 6.33. The van der Waals surface area contributed by atoms with E-state index in [2.05, 4.69) is 32.4 Å². The lowest BCUT2D eigenvalue weighted by Gasteiger charge is -2.32. The van der Waals surface area contributed by atoms with Crippen molar-refractivity contribution in [3.8, 4) is 0 Å². The maximum atomic E-state index is 12.7. The molecule has 0 spiro atoms. The van der Waals surface area contributed by atoms with E-state index < -0.39 is 0 Å². The van der Waals surface area contributed by atoms with Gasteiger partial charge in [-0.1, -0.05) is 12.1 Å². The maximum absolute atomic E-state index is 12.7. The van der Waals surface area contributed by atoms with Gasteiger partial charge in [0.15, 0.2) is 0 Å². The Hall–Kier alpha value is -2.21. The lowest BCUT2D eigenvalue weighted by molar-refractivity contribution is -0.132. The van der Waals surface area contributed by atoms with Gasteiger partial charge in [0.25, 0.3) is 0 Å². The van der Waals surface area contributed by atoms with Gasteiger partial charge in [0.1, 0.15) is 5.82 Å². The fraction of sp³-hybridized carbons (Fsp3) is 0.522. The Morgan fingerprint density at radius 1 is 1.17 bits per heavy atom. The molecule has 29 heavy (non-hydrogen) atoms. The summed E-state index contributed by atoms with van der Waals surface area (Å²) in [7, 11) is 0. The molecule has 1 aliphatic carbocycles. The predicted octanol–water partition coefficient (Wildman–Crippen LogP) is 4.55. The first kappa shape index (κ1) is 18.8. The van der Waals surface area contributed by atoms with Crippen molar-refractivity contribution in [2.75, 3.05) is 13.1 Å². The summed E-state index contributed by atoms with van der Waals surface area (Å²) in [6.07, 6.45) is 8.10. The van der Waals surface area contributed by atoms with Gasteiger partial charge in [-0.3, -0.25) is 4.79 Å². The van der Waals surface area contributed by atoms with E-state index in [1.165, 1.54) is 29.1 Å². The van der Waals surface area contributed by atoms with Crippen molar-refractivity contribution in [1.29, 1.82) is 0 Å². The van der Waals surface area contributed by atoms with Crippen LogP contribution in [0.25, 0.3) is 10.2 Å². The lowest BCUT2D eigenvalue weighted by atomic mass is 9.96. The third-order valence-corrected chi connectivity index (χ3v) is 7.42. The molecule has 0 radical (unpaired) electrons. The molecule has 2 fully saturated rings. The number of fused-ring (bicyclic) bond motifs is 1. The average molecular weight is 409 g/mol. The number of likely N-dealkylation sites (tertiary alicyclic amines) is 1. The minimum absolute atomic E-state index is 0.278. The minimum atomic E-state index is 0.278. The molecule has 2 aliphatic rings. The van der Waals surface area contributed by atoms with Crippen LogP contribution in [0.1, 0.15) is 54.5 Å². The second kappa shape index (κ2) is 7.90. The third kappa shape index (κ3) is 4.08. The number of imidazole rings is 1. The lowest BCUT2D eigenvalue weighted by Crippen LogP contribution is -2.39. The predicted molar refractivity (Wildman–Crippen MR) is 116 cm³/mol. The molecule has 1 amide bonds. The number of nitrogens with zero attached hydrogens (tertiary/aromatic N) is 4. The van der Waals surface area contributed by atoms with Crippen molar-refractivity contribution in [3.63, 3.8) is 0 Å². The van der Waals surface area contributed by atoms with Gasteiger partial charge in [0, 0.05) is 50.3 Å². The number of carbonyl (C=O) groups is 1. The molecular formula is C23H28N4OS. The van der Waals surface area contributed by atoms with Crippen LogP contribution in [0.15, 0.2) is 30.5 Å². The summed E-state index contributed by atoms with van der Waals surface area (Å²) >= 11 is 1.71. The van der Waals surface area contributed by atoms with Gasteiger partial charge in [-0.15, -0.1) is 11.3 Å². The average Bonchev–Trinajstić information content (AvgIpc) is 3.40. The van der Waals surface area contributed by atoms with Crippen molar-refractivity contribution >= 4 is 27.5 Å². The second-order valence-electron chi connectivity index (χ2n) is 8.54. The summed E-state index contributed by atoms with van der Waals surface area (Å²) in [4.78, 5) is 24.1. The van der Waals surface area contributed by atoms with Gasteiger partial charge in [0.2, 0.25) is 5.91 Å². The van der Waals surface area contributed by atoms with Crippen molar-refractivity contribution in [2.45, 2.75) is 57.9 Å². The van der Waals surface area contributed by atoms with E-state index in [0.29, 0.717) is 18.3 Å². The minimum Gasteiger partial charge on any atom is -0.343 e. The number of hydrogen-bond donors (Lipinski definition) is 0. The van der Waals surface area contributed by atoms with Crippen LogP contribution in [0, 0.1) is 12.8 Å². The molecule has 1 aliphatic heterocycles. The Bertz CT molecular complexity index is 978. The van der Waals surface area contributed by atoms with E-state index in [0.717, 1.165) is 49.4 Å². The number of aromatic nitrogens is 3.